The van der Waals surface area contributed by atoms with Gasteiger partial charge in [0.05, 0.1) is 12.1 Å². The normalized spacial score (nSPS) is 22.5. The largest absolute Gasteiger partial charge is 0.448 e. The molecule has 1 fully saturated rings. The van der Waals surface area contributed by atoms with Crippen LogP contribution in [0, 0.1) is 0 Å². The maximum absolute atomic E-state index is 5.77. The van der Waals surface area contributed by atoms with Gasteiger partial charge < -0.3 is 14.5 Å². The van der Waals surface area contributed by atoms with Crippen molar-refractivity contribution in [2.75, 3.05) is 13.7 Å². The first-order valence-electron chi connectivity index (χ1n) is 5.83. The lowest BCUT2D eigenvalue weighted by molar-refractivity contribution is 0.0991. The molecule has 0 radical (unpaired) electrons. The Labute approximate surface area is 101 Å². The van der Waals surface area contributed by atoms with Gasteiger partial charge in [0.25, 0.3) is 0 Å². The van der Waals surface area contributed by atoms with E-state index in [1.807, 2.05) is 13.1 Å². The topological polar surface area (TPSA) is 34.4 Å². The van der Waals surface area contributed by atoms with Crippen LogP contribution in [0.2, 0.25) is 5.22 Å². The fraction of sp³-hybridized carbons (Fsp3) is 0.667. The molecular formula is C12H18ClNO2. The average molecular weight is 244 g/mol. The van der Waals surface area contributed by atoms with Crippen molar-refractivity contribution < 1.29 is 9.15 Å². The summed E-state index contributed by atoms with van der Waals surface area (Å²) in [7, 11) is 1.94. The van der Waals surface area contributed by atoms with Crippen molar-refractivity contribution in [2.45, 2.75) is 37.8 Å². The SMILES string of the molecule is CNC(CCC1CCCO1)c1ccc(Cl)o1. The molecule has 2 rings (SSSR count). The van der Waals surface area contributed by atoms with E-state index < -0.39 is 0 Å². The van der Waals surface area contributed by atoms with Crippen LogP contribution in [0.25, 0.3) is 0 Å². The lowest BCUT2D eigenvalue weighted by Gasteiger charge is -2.16. The van der Waals surface area contributed by atoms with Crippen LogP contribution in [-0.4, -0.2) is 19.8 Å². The highest BCUT2D eigenvalue weighted by molar-refractivity contribution is 6.28. The molecule has 0 aromatic carbocycles. The molecule has 4 heteroatoms. The van der Waals surface area contributed by atoms with Gasteiger partial charge in [-0.15, -0.1) is 0 Å². The van der Waals surface area contributed by atoms with E-state index in [4.69, 9.17) is 20.8 Å². The summed E-state index contributed by atoms with van der Waals surface area (Å²) in [5.41, 5.74) is 0. The number of halogens is 1. The average Bonchev–Trinajstić information content (AvgIpc) is 2.91. The van der Waals surface area contributed by atoms with Crippen molar-refractivity contribution in [1.29, 1.82) is 0 Å². The highest BCUT2D eigenvalue weighted by Gasteiger charge is 2.19. The molecule has 2 heterocycles. The fourth-order valence-corrected chi connectivity index (χ4v) is 2.32. The molecule has 1 saturated heterocycles. The van der Waals surface area contributed by atoms with E-state index in [1.165, 1.54) is 12.8 Å². The molecule has 0 aliphatic carbocycles. The number of furan rings is 1. The molecule has 2 atom stereocenters. The highest BCUT2D eigenvalue weighted by Crippen LogP contribution is 2.26. The summed E-state index contributed by atoms with van der Waals surface area (Å²) < 4.78 is 11.0. The Kier molecular flexibility index (Phi) is 4.27. The number of hydrogen-bond acceptors (Lipinski definition) is 3. The summed E-state index contributed by atoms with van der Waals surface area (Å²) >= 11 is 5.77. The molecular weight excluding hydrogens is 226 g/mol. The van der Waals surface area contributed by atoms with E-state index in [-0.39, 0.29) is 6.04 Å². The minimum absolute atomic E-state index is 0.233. The summed E-state index contributed by atoms with van der Waals surface area (Å²) in [6, 6.07) is 3.95. The van der Waals surface area contributed by atoms with Crippen molar-refractivity contribution in [2.24, 2.45) is 0 Å². The van der Waals surface area contributed by atoms with Crippen LogP contribution < -0.4 is 5.32 Å². The Morgan fingerprint density at radius 3 is 3.00 bits per heavy atom. The van der Waals surface area contributed by atoms with Crippen molar-refractivity contribution in [3.63, 3.8) is 0 Å². The van der Waals surface area contributed by atoms with E-state index in [9.17, 15) is 0 Å². The molecule has 1 aromatic heterocycles. The zero-order valence-electron chi connectivity index (χ0n) is 9.54. The van der Waals surface area contributed by atoms with Gasteiger partial charge in [-0.05, 0) is 56.5 Å². The number of nitrogens with one attached hydrogen (secondary N) is 1. The van der Waals surface area contributed by atoms with Crippen LogP contribution in [0.3, 0.4) is 0 Å². The third-order valence-electron chi connectivity index (χ3n) is 3.09. The summed E-state index contributed by atoms with van der Waals surface area (Å²) in [6.45, 7) is 0.918. The van der Waals surface area contributed by atoms with Crippen LogP contribution in [0.5, 0.6) is 0 Å². The maximum Gasteiger partial charge on any atom is 0.193 e. The van der Waals surface area contributed by atoms with Crippen LogP contribution in [0.15, 0.2) is 16.5 Å². The lowest BCUT2D eigenvalue weighted by Crippen LogP contribution is -2.18. The number of rotatable bonds is 5. The Morgan fingerprint density at radius 1 is 1.56 bits per heavy atom. The van der Waals surface area contributed by atoms with Crippen molar-refractivity contribution in [3.05, 3.63) is 23.1 Å². The van der Waals surface area contributed by atoms with Gasteiger partial charge in [-0.2, -0.15) is 0 Å². The molecule has 1 N–H and O–H groups in total. The van der Waals surface area contributed by atoms with E-state index in [2.05, 4.69) is 5.32 Å². The smallest absolute Gasteiger partial charge is 0.193 e. The first-order valence-corrected chi connectivity index (χ1v) is 6.21. The third kappa shape index (κ3) is 3.00. The molecule has 1 aliphatic heterocycles. The first kappa shape index (κ1) is 12.0. The molecule has 1 aliphatic rings. The van der Waals surface area contributed by atoms with Crippen LogP contribution in [0.4, 0.5) is 0 Å². The Morgan fingerprint density at radius 2 is 2.44 bits per heavy atom. The zero-order chi connectivity index (χ0) is 11.4. The second-order valence-electron chi connectivity index (χ2n) is 4.20. The summed E-state index contributed by atoms with van der Waals surface area (Å²) in [5.74, 6) is 0.908. The van der Waals surface area contributed by atoms with Gasteiger partial charge >= 0.3 is 0 Å². The van der Waals surface area contributed by atoms with Gasteiger partial charge in [0, 0.05) is 6.61 Å². The Hall–Kier alpha value is -0.510. The van der Waals surface area contributed by atoms with Gasteiger partial charge in [0.2, 0.25) is 0 Å². The van der Waals surface area contributed by atoms with Gasteiger partial charge in [-0.3, -0.25) is 0 Å². The third-order valence-corrected chi connectivity index (χ3v) is 3.29. The second kappa shape index (κ2) is 5.71. The molecule has 3 nitrogen and oxygen atoms in total. The van der Waals surface area contributed by atoms with E-state index in [1.54, 1.807) is 6.07 Å². The molecule has 0 bridgehead atoms. The predicted molar refractivity (Wildman–Crippen MR) is 63.7 cm³/mol. The van der Waals surface area contributed by atoms with Crippen molar-refractivity contribution in [1.82, 2.24) is 5.32 Å². The summed E-state index contributed by atoms with van der Waals surface area (Å²) in [5, 5.41) is 3.70. The quantitative estimate of drug-likeness (QED) is 0.863. The monoisotopic (exact) mass is 243 g/mol. The van der Waals surface area contributed by atoms with E-state index in [0.717, 1.165) is 25.2 Å². The standard InChI is InChI=1S/C12H18ClNO2/c1-14-10(11-6-7-12(13)16-11)5-4-9-3-2-8-15-9/h6-7,9-10,14H,2-5,8H2,1H3. The van der Waals surface area contributed by atoms with Crippen LogP contribution >= 0.6 is 11.6 Å². The van der Waals surface area contributed by atoms with E-state index in [0.29, 0.717) is 11.3 Å². The number of ether oxygens (including phenoxy) is 1. The molecule has 0 amide bonds. The minimum atomic E-state index is 0.233. The predicted octanol–water partition coefficient (Wildman–Crippen LogP) is 3.15. The van der Waals surface area contributed by atoms with Crippen LogP contribution in [-0.2, 0) is 4.74 Å². The van der Waals surface area contributed by atoms with Gasteiger partial charge in [0.15, 0.2) is 5.22 Å². The molecule has 1 aromatic rings. The molecule has 16 heavy (non-hydrogen) atoms. The first-order chi connectivity index (χ1) is 7.79. The van der Waals surface area contributed by atoms with Crippen molar-refractivity contribution in [3.8, 4) is 0 Å². The Bertz CT molecular complexity index is 321. The maximum atomic E-state index is 5.77. The number of hydrogen-bond donors (Lipinski definition) is 1. The molecule has 0 spiro atoms. The zero-order valence-corrected chi connectivity index (χ0v) is 10.3. The lowest BCUT2D eigenvalue weighted by atomic mass is 10.0. The highest BCUT2D eigenvalue weighted by atomic mass is 35.5. The summed E-state index contributed by atoms with van der Waals surface area (Å²) in [4.78, 5) is 0. The molecule has 90 valence electrons. The van der Waals surface area contributed by atoms with E-state index >= 15 is 0 Å². The Balaban J connectivity index is 1.85. The fourth-order valence-electron chi connectivity index (χ4n) is 2.17. The molecule has 2 unspecified atom stereocenters. The van der Waals surface area contributed by atoms with Crippen LogP contribution in [0.1, 0.15) is 37.5 Å². The summed E-state index contributed by atoms with van der Waals surface area (Å²) in [6.07, 6.45) is 4.91. The molecule has 0 saturated carbocycles. The van der Waals surface area contributed by atoms with Gasteiger partial charge in [-0.1, -0.05) is 0 Å². The van der Waals surface area contributed by atoms with Gasteiger partial charge in [-0.25, -0.2) is 0 Å². The van der Waals surface area contributed by atoms with Gasteiger partial charge in [0.1, 0.15) is 5.76 Å². The second-order valence-corrected chi connectivity index (χ2v) is 4.57. The van der Waals surface area contributed by atoms with Crippen molar-refractivity contribution >= 4 is 11.6 Å². The minimum Gasteiger partial charge on any atom is -0.448 e.